The van der Waals surface area contributed by atoms with Gasteiger partial charge >= 0.3 is 0 Å². The fraction of sp³-hybridized carbons (Fsp3) is 0.333. The lowest BCUT2D eigenvalue weighted by Gasteiger charge is -1.96. The maximum atomic E-state index is 5.65. The molecular weight excluding hydrogens is 198 g/mol. The van der Waals surface area contributed by atoms with Crippen LogP contribution in [0.2, 0.25) is 0 Å². The minimum Gasteiger partial charge on any atom is -0.438 e. The predicted octanol–water partition coefficient (Wildman–Crippen LogP) is 2.13. The van der Waals surface area contributed by atoms with E-state index in [0.717, 1.165) is 16.3 Å². The Bertz CT molecular complexity index is 433. The largest absolute Gasteiger partial charge is 0.438 e. The fourth-order valence-electron chi connectivity index (χ4n) is 1.14. The van der Waals surface area contributed by atoms with Crippen molar-refractivity contribution in [3.8, 4) is 10.6 Å². The molecule has 0 radical (unpaired) electrons. The van der Waals surface area contributed by atoms with E-state index in [9.17, 15) is 0 Å². The number of aryl methyl sites for hydroxylation is 1. The van der Waals surface area contributed by atoms with Gasteiger partial charge in [0.1, 0.15) is 0 Å². The first-order valence-corrected chi connectivity index (χ1v) is 5.18. The van der Waals surface area contributed by atoms with Crippen molar-refractivity contribution >= 4 is 11.3 Å². The first-order valence-electron chi connectivity index (χ1n) is 4.30. The Labute approximate surface area is 85.8 Å². The second-order valence-electron chi connectivity index (χ2n) is 3.12. The standard InChI is InChI=1S/C9H11N3OS/c1-5(10)9-11-3-7(13-9)8-6(2)12-4-14-8/h3-5H,10H2,1-2H3. The zero-order chi connectivity index (χ0) is 10.1. The van der Waals surface area contributed by atoms with Crippen LogP contribution in [0.5, 0.6) is 0 Å². The van der Waals surface area contributed by atoms with Crippen molar-refractivity contribution in [1.29, 1.82) is 0 Å². The van der Waals surface area contributed by atoms with Crippen molar-refractivity contribution < 1.29 is 4.42 Å². The summed E-state index contributed by atoms with van der Waals surface area (Å²) in [6, 6.07) is -0.169. The third kappa shape index (κ3) is 1.56. The summed E-state index contributed by atoms with van der Waals surface area (Å²) in [5, 5.41) is 0. The molecule has 0 aliphatic rings. The van der Waals surface area contributed by atoms with Crippen LogP contribution in [0.25, 0.3) is 10.6 Å². The SMILES string of the molecule is Cc1ncsc1-c1cnc(C(C)N)o1. The molecule has 2 heterocycles. The highest BCUT2D eigenvalue weighted by Gasteiger charge is 2.12. The molecule has 0 spiro atoms. The van der Waals surface area contributed by atoms with Gasteiger partial charge in [0.25, 0.3) is 0 Å². The molecule has 2 aromatic heterocycles. The highest BCUT2D eigenvalue weighted by atomic mass is 32.1. The number of nitrogens with two attached hydrogens (primary N) is 1. The maximum Gasteiger partial charge on any atom is 0.211 e. The topological polar surface area (TPSA) is 64.9 Å². The minimum absolute atomic E-state index is 0.169. The second kappa shape index (κ2) is 3.51. The number of rotatable bonds is 2. The summed E-state index contributed by atoms with van der Waals surface area (Å²) in [5.41, 5.74) is 8.40. The summed E-state index contributed by atoms with van der Waals surface area (Å²) in [5.74, 6) is 1.31. The molecule has 0 saturated carbocycles. The van der Waals surface area contributed by atoms with Gasteiger partial charge in [-0.15, -0.1) is 11.3 Å². The van der Waals surface area contributed by atoms with E-state index in [4.69, 9.17) is 10.2 Å². The average Bonchev–Trinajstić information content (AvgIpc) is 2.71. The molecule has 0 bridgehead atoms. The normalized spacial score (nSPS) is 13.1. The number of thiazole rings is 1. The molecular formula is C9H11N3OS. The number of nitrogens with zero attached hydrogens (tertiary/aromatic N) is 2. The molecule has 74 valence electrons. The van der Waals surface area contributed by atoms with Gasteiger partial charge in [0.2, 0.25) is 5.89 Å². The average molecular weight is 209 g/mol. The second-order valence-corrected chi connectivity index (χ2v) is 3.97. The lowest BCUT2D eigenvalue weighted by Crippen LogP contribution is -2.04. The van der Waals surface area contributed by atoms with Gasteiger partial charge in [-0.25, -0.2) is 9.97 Å². The van der Waals surface area contributed by atoms with E-state index in [0.29, 0.717) is 5.89 Å². The summed E-state index contributed by atoms with van der Waals surface area (Å²) in [7, 11) is 0. The lowest BCUT2D eigenvalue weighted by molar-refractivity contribution is 0.474. The van der Waals surface area contributed by atoms with Crippen LogP contribution in [-0.2, 0) is 0 Å². The van der Waals surface area contributed by atoms with Gasteiger partial charge in [-0.05, 0) is 13.8 Å². The van der Waals surface area contributed by atoms with E-state index in [1.165, 1.54) is 0 Å². The molecule has 0 aliphatic heterocycles. The van der Waals surface area contributed by atoms with Crippen molar-refractivity contribution in [2.45, 2.75) is 19.9 Å². The number of aromatic nitrogens is 2. The van der Waals surface area contributed by atoms with Crippen LogP contribution < -0.4 is 5.73 Å². The van der Waals surface area contributed by atoms with Gasteiger partial charge in [0, 0.05) is 0 Å². The van der Waals surface area contributed by atoms with Gasteiger partial charge in [-0.2, -0.15) is 0 Å². The zero-order valence-electron chi connectivity index (χ0n) is 8.02. The van der Waals surface area contributed by atoms with Crippen LogP contribution in [0, 0.1) is 6.92 Å². The van der Waals surface area contributed by atoms with Crippen molar-refractivity contribution in [2.24, 2.45) is 5.73 Å². The highest BCUT2D eigenvalue weighted by Crippen LogP contribution is 2.28. The molecule has 1 unspecified atom stereocenters. The first-order chi connectivity index (χ1) is 6.68. The predicted molar refractivity (Wildman–Crippen MR) is 55.0 cm³/mol. The molecule has 0 saturated heterocycles. The molecule has 1 atom stereocenters. The number of hydrogen-bond acceptors (Lipinski definition) is 5. The quantitative estimate of drug-likeness (QED) is 0.822. The van der Waals surface area contributed by atoms with Crippen LogP contribution in [0.4, 0.5) is 0 Å². The Morgan fingerprint density at radius 1 is 1.50 bits per heavy atom. The van der Waals surface area contributed by atoms with Crippen molar-refractivity contribution in [2.75, 3.05) is 0 Å². The summed E-state index contributed by atoms with van der Waals surface area (Å²) >= 11 is 1.54. The van der Waals surface area contributed by atoms with Gasteiger partial charge < -0.3 is 10.2 Å². The van der Waals surface area contributed by atoms with E-state index in [2.05, 4.69) is 9.97 Å². The zero-order valence-corrected chi connectivity index (χ0v) is 8.84. The number of oxazole rings is 1. The van der Waals surface area contributed by atoms with E-state index >= 15 is 0 Å². The molecule has 0 fully saturated rings. The van der Waals surface area contributed by atoms with Crippen LogP contribution in [0.3, 0.4) is 0 Å². The molecule has 2 aromatic rings. The summed E-state index contributed by atoms with van der Waals surface area (Å²) in [6.45, 7) is 3.79. The fourth-order valence-corrected chi connectivity index (χ4v) is 1.89. The molecule has 0 amide bonds. The minimum atomic E-state index is -0.169. The van der Waals surface area contributed by atoms with E-state index < -0.39 is 0 Å². The Kier molecular flexibility index (Phi) is 2.35. The third-order valence-electron chi connectivity index (χ3n) is 1.88. The lowest BCUT2D eigenvalue weighted by atomic mass is 10.3. The monoisotopic (exact) mass is 209 g/mol. The highest BCUT2D eigenvalue weighted by molar-refractivity contribution is 7.13. The van der Waals surface area contributed by atoms with Crippen LogP contribution in [-0.4, -0.2) is 9.97 Å². The Morgan fingerprint density at radius 3 is 2.79 bits per heavy atom. The van der Waals surface area contributed by atoms with Gasteiger partial charge in [0.15, 0.2) is 5.76 Å². The van der Waals surface area contributed by atoms with E-state index in [-0.39, 0.29) is 6.04 Å². The molecule has 2 N–H and O–H groups in total. The van der Waals surface area contributed by atoms with Crippen molar-refractivity contribution in [3.63, 3.8) is 0 Å². The summed E-state index contributed by atoms with van der Waals surface area (Å²) in [6.07, 6.45) is 1.69. The van der Waals surface area contributed by atoms with Gasteiger partial charge in [-0.3, -0.25) is 0 Å². The maximum absolute atomic E-state index is 5.65. The Hall–Kier alpha value is -1.20. The van der Waals surface area contributed by atoms with Gasteiger partial charge in [-0.1, -0.05) is 0 Å². The Balaban J connectivity index is 2.39. The summed E-state index contributed by atoms with van der Waals surface area (Å²) < 4.78 is 5.50. The van der Waals surface area contributed by atoms with Crippen molar-refractivity contribution in [1.82, 2.24) is 9.97 Å². The van der Waals surface area contributed by atoms with E-state index in [1.807, 2.05) is 13.8 Å². The molecule has 4 nitrogen and oxygen atoms in total. The molecule has 0 aromatic carbocycles. The van der Waals surface area contributed by atoms with Crippen LogP contribution >= 0.6 is 11.3 Å². The molecule has 5 heteroatoms. The molecule has 0 aliphatic carbocycles. The first kappa shape index (κ1) is 9.36. The smallest absolute Gasteiger partial charge is 0.211 e. The van der Waals surface area contributed by atoms with E-state index in [1.54, 1.807) is 23.0 Å². The summed E-state index contributed by atoms with van der Waals surface area (Å²) in [4.78, 5) is 9.26. The number of hydrogen-bond donors (Lipinski definition) is 1. The third-order valence-corrected chi connectivity index (χ3v) is 2.83. The Morgan fingerprint density at radius 2 is 2.29 bits per heavy atom. The van der Waals surface area contributed by atoms with Crippen LogP contribution in [0.1, 0.15) is 24.6 Å². The molecule has 14 heavy (non-hydrogen) atoms. The van der Waals surface area contributed by atoms with Gasteiger partial charge in [0.05, 0.1) is 28.3 Å². The van der Waals surface area contributed by atoms with Crippen LogP contribution in [0.15, 0.2) is 16.1 Å². The molecule has 2 rings (SSSR count). The van der Waals surface area contributed by atoms with Crippen molar-refractivity contribution in [3.05, 3.63) is 23.3 Å².